The number of thiazole rings is 1. The van der Waals surface area contributed by atoms with Gasteiger partial charge in [0.25, 0.3) is 0 Å². The molecule has 0 atom stereocenters. The molecule has 1 heterocycles. The fraction of sp³-hybridized carbons (Fsp3) is 0.769. The van der Waals surface area contributed by atoms with Gasteiger partial charge in [-0.25, -0.2) is 4.98 Å². The molecule has 0 saturated heterocycles. The van der Waals surface area contributed by atoms with Crippen molar-refractivity contribution in [1.82, 2.24) is 10.3 Å². The zero-order chi connectivity index (χ0) is 15.5. The first kappa shape index (κ1) is 17.2. The molecule has 1 aromatic rings. The summed E-state index contributed by atoms with van der Waals surface area (Å²) in [6.07, 6.45) is -4.21. The van der Waals surface area contributed by atoms with Crippen LogP contribution in [-0.2, 0) is 6.54 Å². The highest BCUT2D eigenvalue weighted by atomic mass is 32.1. The number of halogens is 3. The Morgan fingerprint density at radius 2 is 1.85 bits per heavy atom. The smallest absolute Gasteiger partial charge is 0.342 e. The molecule has 1 aromatic heterocycles. The summed E-state index contributed by atoms with van der Waals surface area (Å²) in [5.41, 5.74) is 0.882. The van der Waals surface area contributed by atoms with E-state index in [-0.39, 0.29) is 5.92 Å². The Hall–Kier alpha value is -0.820. The fourth-order valence-electron chi connectivity index (χ4n) is 1.73. The van der Waals surface area contributed by atoms with Gasteiger partial charge in [-0.2, -0.15) is 13.2 Å². The van der Waals surface area contributed by atoms with Crippen molar-refractivity contribution in [3.8, 4) is 0 Å². The van der Waals surface area contributed by atoms with Crippen molar-refractivity contribution in [3.05, 3.63) is 10.6 Å². The summed E-state index contributed by atoms with van der Waals surface area (Å²) in [4.78, 5) is 6.55. The van der Waals surface area contributed by atoms with Gasteiger partial charge in [0.15, 0.2) is 5.13 Å². The lowest BCUT2D eigenvalue weighted by molar-refractivity contribution is -0.119. The van der Waals surface area contributed by atoms with Gasteiger partial charge < -0.3 is 10.2 Å². The van der Waals surface area contributed by atoms with Crippen LogP contribution in [0.5, 0.6) is 0 Å². The summed E-state index contributed by atoms with van der Waals surface area (Å²) in [6.45, 7) is 7.74. The summed E-state index contributed by atoms with van der Waals surface area (Å²) in [5.74, 6) is 0.197. The summed E-state index contributed by atoms with van der Waals surface area (Å²) in [7, 11) is 1.43. The predicted molar refractivity (Wildman–Crippen MR) is 77.5 cm³/mol. The summed E-state index contributed by atoms with van der Waals surface area (Å²) in [5, 5.41) is 3.71. The third-order valence-electron chi connectivity index (χ3n) is 2.68. The summed E-state index contributed by atoms with van der Waals surface area (Å²) in [6, 6.07) is 0.327. The van der Waals surface area contributed by atoms with Gasteiger partial charge in [0.05, 0.1) is 5.69 Å². The zero-order valence-electron chi connectivity index (χ0n) is 12.5. The Balaban J connectivity index is 2.90. The Kier molecular flexibility index (Phi) is 5.82. The number of nitrogens with one attached hydrogen (secondary N) is 1. The molecule has 1 rings (SSSR count). The molecular formula is C13H22F3N3S. The molecule has 0 saturated carbocycles. The first-order chi connectivity index (χ1) is 9.10. The molecule has 0 radical (unpaired) electrons. The van der Waals surface area contributed by atoms with Crippen molar-refractivity contribution in [2.45, 2.75) is 52.4 Å². The van der Waals surface area contributed by atoms with Crippen molar-refractivity contribution in [2.24, 2.45) is 0 Å². The third kappa shape index (κ3) is 5.28. The van der Waals surface area contributed by atoms with Gasteiger partial charge in [0.2, 0.25) is 0 Å². The third-order valence-corrected chi connectivity index (χ3v) is 3.86. The van der Waals surface area contributed by atoms with E-state index in [9.17, 15) is 13.2 Å². The topological polar surface area (TPSA) is 28.2 Å². The van der Waals surface area contributed by atoms with Gasteiger partial charge in [-0.05, 0) is 5.92 Å². The van der Waals surface area contributed by atoms with Crippen LogP contribution >= 0.6 is 11.3 Å². The predicted octanol–water partition coefficient (Wildman–Crippen LogP) is 3.76. The minimum Gasteiger partial charge on any atom is -0.342 e. The molecule has 0 aromatic carbocycles. The quantitative estimate of drug-likeness (QED) is 0.867. The molecule has 0 spiro atoms. The Labute approximate surface area is 122 Å². The number of aromatic nitrogens is 1. The second-order valence-electron chi connectivity index (χ2n) is 5.47. The number of hydrogen-bond donors (Lipinski definition) is 1. The molecule has 0 aliphatic heterocycles. The van der Waals surface area contributed by atoms with Crippen molar-refractivity contribution >= 4 is 16.5 Å². The van der Waals surface area contributed by atoms with E-state index in [4.69, 9.17) is 0 Å². The maximum absolute atomic E-state index is 12.4. The average Bonchev–Trinajstić information content (AvgIpc) is 2.67. The second kappa shape index (κ2) is 6.76. The van der Waals surface area contributed by atoms with Crippen molar-refractivity contribution in [1.29, 1.82) is 0 Å². The lowest BCUT2D eigenvalue weighted by Crippen LogP contribution is -2.30. The van der Waals surface area contributed by atoms with Crippen LogP contribution in [0, 0.1) is 0 Å². The SMILES string of the molecule is CC(C)NCc1sc(N(C)CC(F)(F)F)nc1C(C)C. The largest absolute Gasteiger partial charge is 0.405 e. The lowest BCUT2D eigenvalue weighted by atomic mass is 10.1. The van der Waals surface area contributed by atoms with E-state index < -0.39 is 12.7 Å². The molecule has 0 amide bonds. The molecule has 20 heavy (non-hydrogen) atoms. The minimum atomic E-state index is -4.21. The van der Waals surface area contributed by atoms with Crippen LogP contribution in [0.25, 0.3) is 0 Å². The number of nitrogens with zero attached hydrogens (tertiary/aromatic N) is 2. The fourth-order valence-corrected chi connectivity index (χ4v) is 2.85. The Bertz CT molecular complexity index is 427. The van der Waals surface area contributed by atoms with E-state index in [1.54, 1.807) is 0 Å². The van der Waals surface area contributed by atoms with Crippen molar-refractivity contribution in [2.75, 3.05) is 18.5 Å². The average molecular weight is 309 g/mol. The van der Waals surface area contributed by atoms with Gasteiger partial charge in [-0.1, -0.05) is 27.7 Å². The number of anilines is 1. The molecule has 0 aliphatic carbocycles. The maximum Gasteiger partial charge on any atom is 0.405 e. The number of hydrogen-bond acceptors (Lipinski definition) is 4. The van der Waals surface area contributed by atoms with Crippen molar-refractivity contribution < 1.29 is 13.2 Å². The van der Waals surface area contributed by atoms with E-state index in [0.29, 0.717) is 17.7 Å². The van der Waals surface area contributed by atoms with Crippen LogP contribution < -0.4 is 10.2 Å². The maximum atomic E-state index is 12.4. The molecule has 0 fully saturated rings. The van der Waals surface area contributed by atoms with Gasteiger partial charge in [-0.15, -0.1) is 11.3 Å². The van der Waals surface area contributed by atoms with Crippen molar-refractivity contribution in [3.63, 3.8) is 0 Å². The van der Waals surface area contributed by atoms with Crippen LogP contribution in [0.4, 0.5) is 18.3 Å². The van der Waals surface area contributed by atoms with Gasteiger partial charge in [-0.3, -0.25) is 0 Å². The summed E-state index contributed by atoms with van der Waals surface area (Å²) < 4.78 is 37.3. The van der Waals surface area contributed by atoms with Crippen LogP contribution in [0.2, 0.25) is 0 Å². The van der Waals surface area contributed by atoms with Gasteiger partial charge in [0.1, 0.15) is 6.54 Å². The van der Waals surface area contributed by atoms with Crippen LogP contribution in [0.3, 0.4) is 0 Å². The first-order valence-electron chi connectivity index (χ1n) is 6.61. The standard InChI is InChI=1S/C13H22F3N3S/c1-8(2)11-10(6-17-9(3)4)20-12(18-11)19(5)7-13(14,15)16/h8-9,17H,6-7H2,1-5H3. The number of alkyl halides is 3. The molecule has 0 unspecified atom stereocenters. The minimum absolute atomic E-state index is 0.197. The van der Waals surface area contributed by atoms with Crippen LogP contribution in [-0.4, -0.2) is 30.8 Å². The highest BCUT2D eigenvalue weighted by Gasteiger charge is 2.30. The highest BCUT2D eigenvalue weighted by molar-refractivity contribution is 7.15. The molecule has 116 valence electrons. The normalized spacial score (nSPS) is 12.5. The first-order valence-corrected chi connectivity index (χ1v) is 7.42. The van der Waals surface area contributed by atoms with E-state index in [2.05, 4.69) is 10.3 Å². The molecule has 3 nitrogen and oxygen atoms in total. The highest BCUT2D eigenvalue weighted by Crippen LogP contribution is 2.31. The van der Waals surface area contributed by atoms with E-state index in [1.807, 2.05) is 27.7 Å². The van der Waals surface area contributed by atoms with E-state index in [1.165, 1.54) is 18.4 Å². The van der Waals surface area contributed by atoms with E-state index in [0.717, 1.165) is 15.5 Å². The number of rotatable bonds is 6. The molecule has 7 heteroatoms. The van der Waals surface area contributed by atoms with Gasteiger partial charge >= 0.3 is 6.18 Å². The van der Waals surface area contributed by atoms with E-state index >= 15 is 0 Å². The van der Waals surface area contributed by atoms with Gasteiger partial charge in [0, 0.05) is 24.5 Å². The molecular weight excluding hydrogens is 287 g/mol. The molecule has 1 N–H and O–H groups in total. The second-order valence-corrected chi connectivity index (χ2v) is 6.53. The monoisotopic (exact) mass is 309 g/mol. The van der Waals surface area contributed by atoms with Crippen LogP contribution in [0.15, 0.2) is 0 Å². The summed E-state index contributed by atoms with van der Waals surface area (Å²) >= 11 is 1.33. The Morgan fingerprint density at radius 1 is 1.25 bits per heavy atom. The molecule has 0 aliphatic rings. The Morgan fingerprint density at radius 3 is 2.30 bits per heavy atom. The van der Waals surface area contributed by atoms with Crippen LogP contribution in [0.1, 0.15) is 44.2 Å². The lowest BCUT2D eigenvalue weighted by Gasteiger charge is -2.17. The zero-order valence-corrected chi connectivity index (χ0v) is 13.3. The molecule has 0 bridgehead atoms.